The highest BCUT2D eigenvalue weighted by Crippen LogP contribution is 2.04. The zero-order valence-electron chi connectivity index (χ0n) is 9.19. The molecule has 0 radical (unpaired) electrons. The minimum atomic E-state index is -0.839. The Balaban J connectivity index is 3.59. The van der Waals surface area contributed by atoms with Gasteiger partial charge in [0.25, 0.3) is 0 Å². The highest BCUT2D eigenvalue weighted by atomic mass is 16.5. The quantitative estimate of drug-likeness (QED) is 0.635. The number of hydrogen-bond donors (Lipinski definition) is 1. The number of methoxy groups -OCH3 is 1. The maximum absolute atomic E-state index is 11.0. The van der Waals surface area contributed by atoms with Crippen LogP contribution in [0, 0.1) is 0 Å². The van der Waals surface area contributed by atoms with Gasteiger partial charge in [-0.15, -0.1) is 0 Å². The van der Waals surface area contributed by atoms with Gasteiger partial charge in [0.05, 0.1) is 26.2 Å². The number of ether oxygens (including phenoxy) is 2. The molecule has 0 aliphatic rings. The lowest BCUT2D eigenvalue weighted by atomic mass is 10.1. The van der Waals surface area contributed by atoms with E-state index in [1.807, 2.05) is 6.92 Å². The van der Waals surface area contributed by atoms with Crippen molar-refractivity contribution in [1.29, 1.82) is 0 Å². The molecular weight excluding hydrogens is 200 g/mol. The average molecular weight is 218 g/mol. The molecular formula is C10H18O5. The number of hydrogen-bond acceptors (Lipinski definition) is 5. The Hall–Kier alpha value is -1.10. The summed E-state index contributed by atoms with van der Waals surface area (Å²) in [6.07, 6.45) is 0.168. The second-order valence-electron chi connectivity index (χ2n) is 3.19. The maximum Gasteiger partial charge on any atom is 0.308 e. The molecule has 0 aromatic carbocycles. The van der Waals surface area contributed by atoms with Crippen LogP contribution in [-0.2, 0) is 19.1 Å². The summed E-state index contributed by atoms with van der Waals surface area (Å²) in [5.41, 5.74) is 0. The summed E-state index contributed by atoms with van der Waals surface area (Å²) in [6, 6.07) is 0. The van der Waals surface area contributed by atoms with Gasteiger partial charge in [-0.3, -0.25) is 9.59 Å². The first-order chi connectivity index (χ1) is 7.10. The van der Waals surface area contributed by atoms with Gasteiger partial charge < -0.3 is 14.6 Å². The lowest BCUT2D eigenvalue weighted by Crippen LogP contribution is -2.17. The van der Waals surface area contributed by atoms with Crippen LogP contribution in [0.2, 0.25) is 0 Å². The van der Waals surface area contributed by atoms with E-state index in [1.165, 1.54) is 7.11 Å². The van der Waals surface area contributed by atoms with Crippen LogP contribution in [0.1, 0.15) is 32.6 Å². The van der Waals surface area contributed by atoms with Crippen LogP contribution in [0.5, 0.6) is 0 Å². The molecule has 0 bridgehead atoms. The summed E-state index contributed by atoms with van der Waals surface area (Å²) in [6.45, 7) is 2.25. The van der Waals surface area contributed by atoms with Crippen LogP contribution in [-0.4, -0.2) is 36.9 Å². The van der Waals surface area contributed by atoms with E-state index in [1.54, 1.807) is 0 Å². The summed E-state index contributed by atoms with van der Waals surface area (Å²) in [5.74, 6) is -0.829. The van der Waals surface area contributed by atoms with Gasteiger partial charge in [-0.2, -0.15) is 0 Å². The number of rotatable bonds is 7. The highest BCUT2D eigenvalue weighted by molar-refractivity contribution is 5.71. The summed E-state index contributed by atoms with van der Waals surface area (Å²) in [4.78, 5) is 21.8. The third-order valence-corrected chi connectivity index (χ3v) is 1.78. The van der Waals surface area contributed by atoms with Crippen LogP contribution in [0.3, 0.4) is 0 Å². The molecule has 5 nitrogen and oxygen atoms in total. The van der Waals surface area contributed by atoms with E-state index < -0.39 is 18.0 Å². The van der Waals surface area contributed by atoms with Gasteiger partial charge in [0.1, 0.15) is 0 Å². The van der Waals surface area contributed by atoms with Gasteiger partial charge >= 0.3 is 11.9 Å². The van der Waals surface area contributed by atoms with E-state index in [-0.39, 0.29) is 19.3 Å². The molecule has 0 saturated carbocycles. The summed E-state index contributed by atoms with van der Waals surface area (Å²) in [7, 11) is 1.28. The summed E-state index contributed by atoms with van der Waals surface area (Å²) in [5, 5.41) is 9.35. The molecule has 0 rings (SSSR count). The van der Waals surface area contributed by atoms with E-state index in [2.05, 4.69) is 4.74 Å². The van der Waals surface area contributed by atoms with Crippen LogP contribution >= 0.6 is 0 Å². The normalized spacial score (nSPS) is 11.9. The summed E-state index contributed by atoms with van der Waals surface area (Å²) >= 11 is 0. The van der Waals surface area contributed by atoms with E-state index >= 15 is 0 Å². The number of esters is 2. The predicted molar refractivity (Wildman–Crippen MR) is 53.1 cm³/mol. The molecule has 0 aliphatic carbocycles. The highest BCUT2D eigenvalue weighted by Gasteiger charge is 2.13. The first-order valence-corrected chi connectivity index (χ1v) is 5.00. The Labute approximate surface area is 89.4 Å². The molecule has 88 valence electrons. The molecule has 0 aliphatic heterocycles. The van der Waals surface area contributed by atoms with Gasteiger partial charge in [-0.1, -0.05) is 6.92 Å². The van der Waals surface area contributed by atoms with Crippen molar-refractivity contribution >= 4 is 11.9 Å². The minimum Gasteiger partial charge on any atom is -0.469 e. The minimum absolute atomic E-state index is 0.0724. The van der Waals surface area contributed by atoms with E-state index in [0.29, 0.717) is 6.61 Å². The second-order valence-corrected chi connectivity index (χ2v) is 3.19. The molecule has 0 heterocycles. The fraction of sp³-hybridized carbons (Fsp3) is 0.800. The fourth-order valence-corrected chi connectivity index (χ4v) is 0.956. The third kappa shape index (κ3) is 7.93. The zero-order valence-corrected chi connectivity index (χ0v) is 9.19. The van der Waals surface area contributed by atoms with Gasteiger partial charge in [-0.05, 0) is 12.8 Å². The molecule has 0 amide bonds. The van der Waals surface area contributed by atoms with E-state index in [4.69, 9.17) is 4.74 Å². The van der Waals surface area contributed by atoms with Crippen molar-refractivity contribution < 1.29 is 24.2 Å². The molecule has 15 heavy (non-hydrogen) atoms. The number of aliphatic hydroxyl groups excluding tert-OH is 1. The van der Waals surface area contributed by atoms with Crippen molar-refractivity contribution in [3.63, 3.8) is 0 Å². The summed E-state index contributed by atoms with van der Waals surface area (Å²) < 4.78 is 9.18. The topological polar surface area (TPSA) is 72.8 Å². The molecule has 0 saturated heterocycles. The monoisotopic (exact) mass is 218 g/mol. The molecule has 0 aromatic rings. The largest absolute Gasteiger partial charge is 0.469 e. The molecule has 0 spiro atoms. The van der Waals surface area contributed by atoms with Crippen LogP contribution < -0.4 is 0 Å². The molecule has 0 fully saturated rings. The molecule has 5 heteroatoms. The lowest BCUT2D eigenvalue weighted by Gasteiger charge is -2.09. The van der Waals surface area contributed by atoms with Crippen LogP contribution in [0.25, 0.3) is 0 Å². The van der Waals surface area contributed by atoms with E-state index in [9.17, 15) is 14.7 Å². The van der Waals surface area contributed by atoms with Crippen LogP contribution in [0.4, 0.5) is 0 Å². The van der Waals surface area contributed by atoms with Gasteiger partial charge in [0.15, 0.2) is 0 Å². The van der Waals surface area contributed by atoms with Crippen molar-refractivity contribution in [2.75, 3.05) is 13.7 Å². The molecule has 0 aromatic heterocycles. The van der Waals surface area contributed by atoms with Crippen molar-refractivity contribution in [2.45, 2.75) is 38.7 Å². The Kier molecular flexibility index (Phi) is 7.62. The number of carbonyl (C=O) groups excluding carboxylic acids is 2. The first-order valence-electron chi connectivity index (χ1n) is 5.00. The van der Waals surface area contributed by atoms with Crippen molar-refractivity contribution in [3.8, 4) is 0 Å². The predicted octanol–water partition coefficient (Wildman–Crippen LogP) is 0.644. The van der Waals surface area contributed by atoms with Crippen molar-refractivity contribution in [3.05, 3.63) is 0 Å². The Morgan fingerprint density at radius 3 is 2.53 bits per heavy atom. The standard InChI is InChI=1S/C10H18O5/c1-3-6-15-10(13)7-8(11)4-5-9(12)14-2/h8,11H,3-7H2,1-2H3. The van der Waals surface area contributed by atoms with E-state index in [0.717, 1.165) is 6.42 Å². The van der Waals surface area contributed by atoms with Gasteiger partial charge in [0, 0.05) is 6.42 Å². The fourth-order valence-electron chi connectivity index (χ4n) is 0.956. The maximum atomic E-state index is 11.0. The van der Waals surface area contributed by atoms with Crippen LogP contribution in [0.15, 0.2) is 0 Å². The molecule has 1 unspecified atom stereocenters. The molecule has 1 atom stereocenters. The Morgan fingerprint density at radius 2 is 2.00 bits per heavy atom. The average Bonchev–Trinajstić information content (AvgIpc) is 2.22. The number of aliphatic hydroxyl groups is 1. The first kappa shape index (κ1) is 13.9. The SMILES string of the molecule is CCCOC(=O)CC(O)CCC(=O)OC. The third-order valence-electron chi connectivity index (χ3n) is 1.78. The lowest BCUT2D eigenvalue weighted by molar-refractivity contribution is -0.147. The number of carbonyl (C=O) groups is 2. The zero-order chi connectivity index (χ0) is 11.7. The molecule has 1 N–H and O–H groups in total. The second kappa shape index (κ2) is 8.23. The van der Waals surface area contributed by atoms with Gasteiger partial charge in [0.2, 0.25) is 0 Å². The Morgan fingerprint density at radius 1 is 1.33 bits per heavy atom. The van der Waals surface area contributed by atoms with Crippen molar-refractivity contribution in [2.24, 2.45) is 0 Å². The van der Waals surface area contributed by atoms with Crippen molar-refractivity contribution in [1.82, 2.24) is 0 Å². The van der Waals surface area contributed by atoms with Gasteiger partial charge in [-0.25, -0.2) is 0 Å². The smallest absolute Gasteiger partial charge is 0.308 e. The Bertz CT molecular complexity index is 202.